The number of amides is 2. The van der Waals surface area contributed by atoms with Crippen LogP contribution in [0, 0.1) is 12.8 Å². The highest BCUT2D eigenvalue weighted by molar-refractivity contribution is 6.04. The number of benzene rings is 2. The zero-order valence-corrected chi connectivity index (χ0v) is 16.7. The third kappa shape index (κ3) is 5.92. The highest BCUT2D eigenvalue weighted by Crippen LogP contribution is 2.21. The Morgan fingerprint density at radius 1 is 1.07 bits per heavy atom. The molecule has 0 bridgehead atoms. The molecule has 1 fully saturated rings. The van der Waals surface area contributed by atoms with Crippen molar-refractivity contribution < 1.29 is 9.59 Å². The molecule has 0 spiro atoms. The maximum atomic E-state index is 12.4. The average molecular weight is 380 g/mol. The summed E-state index contributed by atoms with van der Waals surface area (Å²) in [5, 5.41) is 5.84. The van der Waals surface area contributed by atoms with Gasteiger partial charge in [-0.05, 0) is 76.0 Å². The standard InChI is InChI=1S/C23H29N3O2/c1-17-6-3-8-19(14-17)23(28)25-21-10-4-9-20(15-21)24-22(27)12-11-18-7-5-13-26(2)16-18/h3-4,6,8-10,14-15,18H,5,7,11-13,16H2,1-2H3,(H,24,27)(H,25,28)/t18-/m0/s1. The van der Waals surface area contributed by atoms with E-state index in [1.165, 1.54) is 12.8 Å². The van der Waals surface area contributed by atoms with Gasteiger partial charge < -0.3 is 15.5 Å². The SMILES string of the molecule is Cc1cccc(C(=O)Nc2cccc(NC(=O)CC[C@@H]3CCCN(C)C3)c2)c1. The van der Waals surface area contributed by atoms with Crippen LogP contribution < -0.4 is 10.6 Å². The van der Waals surface area contributed by atoms with Crippen molar-refractivity contribution >= 4 is 23.2 Å². The van der Waals surface area contributed by atoms with Gasteiger partial charge in [-0.2, -0.15) is 0 Å². The molecule has 1 saturated heterocycles. The van der Waals surface area contributed by atoms with E-state index in [0.29, 0.717) is 29.3 Å². The van der Waals surface area contributed by atoms with E-state index >= 15 is 0 Å². The third-order valence-corrected chi connectivity index (χ3v) is 5.19. The number of rotatable bonds is 6. The van der Waals surface area contributed by atoms with Gasteiger partial charge in [-0.3, -0.25) is 9.59 Å². The number of hydrogen-bond donors (Lipinski definition) is 2. The monoisotopic (exact) mass is 379 g/mol. The summed E-state index contributed by atoms with van der Waals surface area (Å²) in [5.41, 5.74) is 3.02. The normalized spacial score (nSPS) is 17.1. The molecule has 1 aliphatic rings. The number of carbonyl (C=O) groups is 2. The fourth-order valence-corrected chi connectivity index (χ4v) is 3.73. The Labute approximate surface area is 167 Å². The number of anilines is 2. The fourth-order valence-electron chi connectivity index (χ4n) is 3.73. The second kappa shape index (κ2) is 9.51. The van der Waals surface area contributed by atoms with Crippen molar-refractivity contribution in [3.63, 3.8) is 0 Å². The minimum atomic E-state index is -0.159. The second-order valence-electron chi connectivity index (χ2n) is 7.76. The predicted molar refractivity (Wildman–Crippen MR) is 114 cm³/mol. The van der Waals surface area contributed by atoms with Crippen LogP contribution >= 0.6 is 0 Å². The summed E-state index contributed by atoms with van der Waals surface area (Å²) < 4.78 is 0. The molecule has 2 aromatic carbocycles. The Bertz CT molecular complexity index is 834. The Morgan fingerprint density at radius 3 is 2.57 bits per heavy atom. The molecule has 0 saturated carbocycles. The van der Waals surface area contributed by atoms with Crippen LogP contribution in [0.5, 0.6) is 0 Å². The number of likely N-dealkylation sites (tertiary alicyclic amines) is 1. The molecule has 2 aromatic rings. The van der Waals surface area contributed by atoms with E-state index in [4.69, 9.17) is 0 Å². The van der Waals surface area contributed by atoms with Gasteiger partial charge >= 0.3 is 0 Å². The first-order valence-corrected chi connectivity index (χ1v) is 9.96. The van der Waals surface area contributed by atoms with Gasteiger partial charge in [0.25, 0.3) is 5.91 Å². The van der Waals surface area contributed by atoms with Gasteiger partial charge in [-0.1, -0.05) is 23.8 Å². The Hall–Kier alpha value is -2.66. The summed E-state index contributed by atoms with van der Waals surface area (Å²) in [6.07, 6.45) is 3.86. The van der Waals surface area contributed by atoms with Crippen molar-refractivity contribution in [3.05, 3.63) is 59.7 Å². The number of nitrogens with one attached hydrogen (secondary N) is 2. The van der Waals surface area contributed by atoms with Crippen molar-refractivity contribution in [1.29, 1.82) is 0 Å². The summed E-state index contributed by atoms with van der Waals surface area (Å²) in [5.74, 6) is 0.466. The lowest BCUT2D eigenvalue weighted by atomic mass is 9.93. The highest BCUT2D eigenvalue weighted by atomic mass is 16.2. The van der Waals surface area contributed by atoms with Crippen LogP contribution in [0.25, 0.3) is 0 Å². The van der Waals surface area contributed by atoms with Gasteiger partial charge in [0.15, 0.2) is 0 Å². The summed E-state index contributed by atoms with van der Waals surface area (Å²) in [7, 11) is 2.14. The van der Waals surface area contributed by atoms with Crippen LogP contribution in [0.3, 0.4) is 0 Å². The lowest BCUT2D eigenvalue weighted by molar-refractivity contribution is -0.116. The molecular weight excluding hydrogens is 350 g/mol. The quantitative estimate of drug-likeness (QED) is 0.786. The Morgan fingerprint density at radius 2 is 1.82 bits per heavy atom. The van der Waals surface area contributed by atoms with Crippen LogP contribution in [-0.2, 0) is 4.79 Å². The minimum Gasteiger partial charge on any atom is -0.326 e. The van der Waals surface area contributed by atoms with Gasteiger partial charge in [-0.25, -0.2) is 0 Å². The number of aryl methyl sites for hydroxylation is 1. The van der Waals surface area contributed by atoms with Crippen LogP contribution in [0.1, 0.15) is 41.6 Å². The zero-order chi connectivity index (χ0) is 19.9. The first-order valence-electron chi connectivity index (χ1n) is 9.96. The molecule has 2 amide bonds. The molecule has 0 aliphatic carbocycles. The number of hydrogen-bond acceptors (Lipinski definition) is 3. The molecule has 3 rings (SSSR count). The molecule has 1 aliphatic heterocycles. The molecule has 0 aromatic heterocycles. The van der Waals surface area contributed by atoms with Gasteiger partial charge in [0, 0.05) is 29.9 Å². The van der Waals surface area contributed by atoms with E-state index in [2.05, 4.69) is 22.6 Å². The number of nitrogens with zero attached hydrogens (tertiary/aromatic N) is 1. The Balaban J connectivity index is 1.52. The molecule has 148 valence electrons. The van der Waals surface area contributed by atoms with Crippen LogP contribution in [0.15, 0.2) is 48.5 Å². The van der Waals surface area contributed by atoms with Crippen molar-refractivity contribution in [2.45, 2.75) is 32.6 Å². The van der Waals surface area contributed by atoms with Gasteiger partial charge in [0.05, 0.1) is 0 Å². The van der Waals surface area contributed by atoms with E-state index in [1.54, 1.807) is 12.1 Å². The molecular formula is C23H29N3O2. The van der Waals surface area contributed by atoms with Gasteiger partial charge in [0.1, 0.15) is 0 Å². The van der Waals surface area contributed by atoms with Crippen molar-refractivity contribution in [2.75, 3.05) is 30.8 Å². The van der Waals surface area contributed by atoms with E-state index in [9.17, 15) is 9.59 Å². The van der Waals surface area contributed by atoms with Crippen LogP contribution in [0.4, 0.5) is 11.4 Å². The predicted octanol–water partition coefficient (Wildman–Crippen LogP) is 4.31. The smallest absolute Gasteiger partial charge is 0.255 e. The first kappa shape index (κ1) is 20.1. The van der Waals surface area contributed by atoms with Crippen LogP contribution in [-0.4, -0.2) is 36.9 Å². The number of piperidine rings is 1. The molecule has 1 atom stereocenters. The summed E-state index contributed by atoms with van der Waals surface area (Å²) in [4.78, 5) is 27.1. The third-order valence-electron chi connectivity index (χ3n) is 5.19. The van der Waals surface area contributed by atoms with E-state index in [1.807, 2.05) is 43.3 Å². The minimum absolute atomic E-state index is 0.0235. The molecule has 5 heteroatoms. The molecule has 0 radical (unpaired) electrons. The molecule has 28 heavy (non-hydrogen) atoms. The molecule has 5 nitrogen and oxygen atoms in total. The summed E-state index contributed by atoms with van der Waals surface area (Å²) in [6, 6.07) is 14.7. The highest BCUT2D eigenvalue weighted by Gasteiger charge is 2.18. The largest absolute Gasteiger partial charge is 0.326 e. The van der Waals surface area contributed by atoms with Crippen molar-refractivity contribution in [2.24, 2.45) is 5.92 Å². The van der Waals surface area contributed by atoms with E-state index in [-0.39, 0.29) is 11.8 Å². The lowest BCUT2D eigenvalue weighted by Crippen LogP contribution is -2.32. The second-order valence-corrected chi connectivity index (χ2v) is 7.76. The van der Waals surface area contributed by atoms with Crippen LogP contribution in [0.2, 0.25) is 0 Å². The van der Waals surface area contributed by atoms with Crippen molar-refractivity contribution in [3.8, 4) is 0 Å². The topological polar surface area (TPSA) is 61.4 Å². The lowest BCUT2D eigenvalue weighted by Gasteiger charge is -2.29. The summed E-state index contributed by atoms with van der Waals surface area (Å²) >= 11 is 0. The zero-order valence-electron chi connectivity index (χ0n) is 16.7. The Kier molecular flexibility index (Phi) is 6.82. The molecule has 1 heterocycles. The summed E-state index contributed by atoms with van der Waals surface area (Å²) in [6.45, 7) is 4.19. The van der Waals surface area contributed by atoms with Crippen molar-refractivity contribution in [1.82, 2.24) is 4.90 Å². The van der Waals surface area contributed by atoms with E-state index < -0.39 is 0 Å². The fraction of sp³-hybridized carbons (Fsp3) is 0.391. The average Bonchev–Trinajstić information content (AvgIpc) is 2.67. The molecule has 2 N–H and O–H groups in total. The first-order chi connectivity index (χ1) is 13.5. The van der Waals surface area contributed by atoms with Gasteiger partial charge in [-0.15, -0.1) is 0 Å². The maximum absolute atomic E-state index is 12.4. The van der Waals surface area contributed by atoms with E-state index in [0.717, 1.165) is 25.1 Å². The molecule has 0 unspecified atom stereocenters. The van der Waals surface area contributed by atoms with Gasteiger partial charge in [0.2, 0.25) is 5.91 Å². The maximum Gasteiger partial charge on any atom is 0.255 e. The number of carbonyl (C=O) groups excluding carboxylic acids is 2.